The van der Waals surface area contributed by atoms with Gasteiger partial charge in [0.15, 0.2) is 6.61 Å². The molecule has 0 saturated heterocycles. The van der Waals surface area contributed by atoms with Crippen LogP contribution in [0.5, 0.6) is 5.75 Å². The Morgan fingerprint density at radius 2 is 2.28 bits per heavy atom. The fraction of sp³-hybridized carbons (Fsp3) is 0.500. The summed E-state index contributed by atoms with van der Waals surface area (Å²) in [5.41, 5.74) is 0.808. The van der Waals surface area contributed by atoms with Crippen LogP contribution in [0.4, 0.5) is 5.69 Å². The van der Waals surface area contributed by atoms with Crippen molar-refractivity contribution in [2.24, 2.45) is 5.41 Å². The van der Waals surface area contributed by atoms with Crippen molar-refractivity contribution in [3.63, 3.8) is 0 Å². The first kappa shape index (κ1) is 14.3. The Hall–Kier alpha value is -1.73. The van der Waals surface area contributed by atoms with E-state index in [1.165, 1.54) is 0 Å². The second-order valence-electron chi connectivity index (χ2n) is 4.65. The number of hydrogen-bond donors (Lipinski definition) is 2. The van der Waals surface area contributed by atoms with E-state index in [0.717, 1.165) is 12.1 Å². The van der Waals surface area contributed by atoms with Crippen molar-refractivity contribution < 1.29 is 9.84 Å². The van der Waals surface area contributed by atoms with Gasteiger partial charge in [0, 0.05) is 23.7 Å². The topological polar surface area (TPSA) is 65.3 Å². The number of rotatable bonds is 7. The third-order valence-electron chi connectivity index (χ3n) is 3.09. The summed E-state index contributed by atoms with van der Waals surface area (Å²) in [7, 11) is 0. The average Bonchev–Trinajstić information content (AvgIpc) is 2.43. The van der Waals surface area contributed by atoms with E-state index in [2.05, 4.69) is 12.2 Å². The maximum atomic E-state index is 9.33. The smallest absolute Gasteiger partial charge is 0.174 e. The monoisotopic (exact) mass is 248 g/mol. The van der Waals surface area contributed by atoms with Gasteiger partial charge in [0.2, 0.25) is 0 Å². The molecule has 4 nitrogen and oxygen atoms in total. The SMILES string of the molecule is CCC(C)(CO)CNc1cccc(OCC#N)c1. The van der Waals surface area contributed by atoms with Crippen molar-refractivity contribution in [3.8, 4) is 11.8 Å². The molecule has 0 heterocycles. The van der Waals surface area contributed by atoms with E-state index in [0.29, 0.717) is 12.3 Å². The molecule has 0 fully saturated rings. The first-order valence-corrected chi connectivity index (χ1v) is 6.08. The van der Waals surface area contributed by atoms with Crippen molar-refractivity contribution in [2.75, 3.05) is 25.1 Å². The van der Waals surface area contributed by atoms with Crippen LogP contribution in [0.15, 0.2) is 24.3 Å². The Labute approximate surface area is 108 Å². The average molecular weight is 248 g/mol. The first-order valence-electron chi connectivity index (χ1n) is 6.08. The van der Waals surface area contributed by atoms with Crippen molar-refractivity contribution in [1.29, 1.82) is 5.26 Å². The summed E-state index contributed by atoms with van der Waals surface area (Å²) in [5.74, 6) is 0.670. The number of nitrogens with one attached hydrogen (secondary N) is 1. The zero-order valence-electron chi connectivity index (χ0n) is 10.9. The zero-order chi connectivity index (χ0) is 13.4. The number of nitrogens with zero attached hydrogens (tertiary/aromatic N) is 1. The highest BCUT2D eigenvalue weighted by molar-refractivity contribution is 5.48. The van der Waals surface area contributed by atoms with Gasteiger partial charge in [0.05, 0.1) is 6.61 Å². The lowest BCUT2D eigenvalue weighted by molar-refractivity contribution is 0.149. The van der Waals surface area contributed by atoms with Crippen LogP contribution < -0.4 is 10.1 Å². The second-order valence-corrected chi connectivity index (χ2v) is 4.65. The molecule has 0 amide bonds. The molecule has 1 atom stereocenters. The summed E-state index contributed by atoms with van der Waals surface area (Å²) in [6.45, 7) is 5.00. The molecule has 0 aromatic heterocycles. The Balaban J connectivity index is 2.60. The summed E-state index contributed by atoms with van der Waals surface area (Å²) in [5, 5.41) is 21.1. The number of hydrogen-bond acceptors (Lipinski definition) is 4. The van der Waals surface area contributed by atoms with Gasteiger partial charge in [-0.2, -0.15) is 5.26 Å². The minimum Gasteiger partial charge on any atom is -0.479 e. The van der Waals surface area contributed by atoms with Gasteiger partial charge in [0.25, 0.3) is 0 Å². The van der Waals surface area contributed by atoms with Gasteiger partial charge in [-0.05, 0) is 18.6 Å². The lowest BCUT2D eigenvalue weighted by Gasteiger charge is -2.26. The number of aliphatic hydroxyl groups excluding tert-OH is 1. The molecule has 18 heavy (non-hydrogen) atoms. The minimum atomic E-state index is -0.122. The Kier molecular flexibility index (Phi) is 5.47. The molecule has 4 heteroatoms. The summed E-state index contributed by atoms with van der Waals surface area (Å²) < 4.78 is 5.23. The van der Waals surface area contributed by atoms with E-state index in [1.807, 2.05) is 37.3 Å². The van der Waals surface area contributed by atoms with Crippen LogP contribution in [-0.4, -0.2) is 24.9 Å². The van der Waals surface area contributed by atoms with Gasteiger partial charge in [-0.25, -0.2) is 0 Å². The zero-order valence-corrected chi connectivity index (χ0v) is 10.9. The van der Waals surface area contributed by atoms with Crippen LogP contribution in [0.2, 0.25) is 0 Å². The van der Waals surface area contributed by atoms with Crippen molar-refractivity contribution >= 4 is 5.69 Å². The number of benzene rings is 1. The van der Waals surface area contributed by atoms with Gasteiger partial charge in [0.1, 0.15) is 11.8 Å². The Morgan fingerprint density at radius 1 is 1.50 bits per heavy atom. The molecule has 0 spiro atoms. The lowest BCUT2D eigenvalue weighted by atomic mass is 9.88. The summed E-state index contributed by atoms with van der Waals surface area (Å²) in [6.07, 6.45) is 0.904. The molecule has 0 bridgehead atoms. The third kappa shape index (κ3) is 4.27. The van der Waals surface area contributed by atoms with Crippen LogP contribution in [0.25, 0.3) is 0 Å². The van der Waals surface area contributed by atoms with Crippen LogP contribution in [-0.2, 0) is 0 Å². The fourth-order valence-electron chi connectivity index (χ4n) is 1.42. The minimum absolute atomic E-state index is 0.0484. The molecule has 1 aromatic rings. The van der Waals surface area contributed by atoms with Gasteiger partial charge in [-0.1, -0.05) is 19.9 Å². The van der Waals surface area contributed by atoms with Crippen molar-refractivity contribution in [3.05, 3.63) is 24.3 Å². The van der Waals surface area contributed by atoms with Gasteiger partial charge in [-0.3, -0.25) is 0 Å². The molecule has 1 aromatic carbocycles. The van der Waals surface area contributed by atoms with E-state index >= 15 is 0 Å². The molecule has 1 rings (SSSR count). The van der Waals surface area contributed by atoms with Crippen LogP contribution >= 0.6 is 0 Å². The number of aliphatic hydroxyl groups is 1. The summed E-state index contributed by atoms with van der Waals surface area (Å²) in [4.78, 5) is 0. The van der Waals surface area contributed by atoms with Crippen molar-refractivity contribution in [2.45, 2.75) is 20.3 Å². The molecule has 1 unspecified atom stereocenters. The molecule has 0 saturated carbocycles. The largest absolute Gasteiger partial charge is 0.479 e. The standard InChI is InChI=1S/C14H20N2O2/c1-3-14(2,11-17)10-16-12-5-4-6-13(9-12)18-8-7-15/h4-6,9,16-17H,3,8,10-11H2,1-2H3. The maximum absolute atomic E-state index is 9.33. The molecule has 0 radical (unpaired) electrons. The van der Waals surface area contributed by atoms with Crippen LogP contribution in [0.3, 0.4) is 0 Å². The van der Waals surface area contributed by atoms with Gasteiger partial charge in [-0.15, -0.1) is 0 Å². The van der Waals surface area contributed by atoms with Crippen LogP contribution in [0.1, 0.15) is 20.3 Å². The first-order chi connectivity index (χ1) is 8.63. The summed E-state index contributed by atoms with van der Waals surface area (Å²) >= 11 is 0. The molecule has 2 N–H and O–H groups in total. The van der Waals surface area contributed by atoms with Gasteiger partial charge < -0.3 is 15.2 Å². The van der Waals surface area contributed by atoms with E-state index in [4.69, 9.17) is 10.00 Å². The van der Waals surface area contributed by atoms with Crippen LogP contribution in [0, 0.1) is 16.7 Å². The highest BCUT2D eigenvalue weighted by Gasteiger charge is 2.20. The van der Waals surface area contributed by atoms with E-state index in [-0.39, 0.29) is 18.6 Å². The lowest BCUT2D eigenvalue weighted by Crippen LogP contribution is -2.29. The maximum Gasteiger partial charge on any atom is 0.174 e. The third-order valence-corrected chi connectivity index (χ3v) is 3.09. The molecule has 98 valence electrons. The molecule has 0 aliphatic heterocycles. The second kappa shape index (κ2) is 6.87. The predicted molar refractivity (Wildman–Crippen MR) is 71.5 cm³/mol. The quantitative estimate of drug-likeness (QED) is 0.777. The number of anilines is 1. The van der Waals surface area contributed by atoms with E-state index < -0.39 is 0 Å². The molecular weight excluding hydrogens is 228 g/mol. The molecular formula is C14H20N2O2. The normalized spacial score (nSPS) is 13.4. The molecule has 0 aliphatic rings. The summed E-state index contributed by atoms with van der Waals surface area (Å²) in [6, 6.07) is 9.41. The predicted octanol–water partition coefficient (Wildman–Crippen LogP) is 2.41. The van der Waals surface area contributed by atoms with Crippen molar-refractivity contribution in [1.82, 2.24) is 0 Å². The Morgan fingerprint density at radius 3 is 2.89 bits per heavy atom. The number of nitriles is 1. The fourth-order valence-corrected chi connectivity index (χ4v) is 1.42. The Bertz CT molecular complexity index is 409. The van der Waals surface area contributed by atoms with E-state index in [1.54, 1.807) is 0 Å². The van der Waals surface area contributed by atoms with Gasteiger partial charge >= 0.3 is 0 Å². The van der Waals surface area contributed by atoms with E-state index in [9.17, 15) is 5.11 Å². The highest BCUT2D eigenvalue weighted by atomic mass is 16.5. The highest BCUT2D eigenvalue weighted by Crippen LogP contribution is 2.23. The molecule has 0 aliphatic carbocycles. The number of ether oxygens (including phenoxy) is 1.